The van der Waals surface area contributed by atoms with E-state index in [0.29, 0.717) is 13.1 Å². The fourth-order valence-corrected chi connectivity index (χ4v) is 7.76. The summed E-state index contributed by atoms with van der Waals surface area (Å²) < 4.78 is 64.6. The zero-order chi connectivity index (χ0) is 35.6. The number of methoxy groups -OCH3 is 2. The molecule has 0 spiro atoms. The van der Waals surface area contributed by atoms with Gasteiger partial charge in [0.05, 0.1) is 27.3 Å². The molecular weight excluding hydrogens is 681 g/mol. The van der Waals surface area contributed by atoms with Gasteiger partial charge in [0.1, 0.15) is 11.5 Å². The van der Waals surface area contributed by atoms with Crippen LogP contribution in [-0.4, -0.2) is 104 Å². The minimum Gasteiger partial charge on any atom is -0.497 e. The topological polar surface area (TPSA) is 158 Å². The Labute approximate surface area is 295 Å². The summed E-state index contributed by atoms with van der Waals surface area (Å²) in [4.78, 5) is 4.73. The molecule has 2 aliphatic rings. The van der Waals surface area contributed by atoms with Gasteiger partial charge in [-0.3, -0.25) is 9.36 Å². The van der Waals surface area contributed by atoms with E-state index in [1.165, 1.54) is 36.1 Å². The Morgan fingerprint density at radius 3 is 1.40 bits per heavy atom. The smallest absolute Gasteiger partial charge is 0.262 e. The molecule has 2 N–H and O–H groups in total. The average Bonchev–Trinajstić information content (AvgIpc) is 3.95. The van der Waals surface area contributed by atoms with Crippen LogP contribution < -0.4 is 14.6 Å². The van der Waals surface area contributed by atoms with Crippen LogP contribution >= 0.6 is 0 Å². The first-order valence-electron chi connectivity index (χ1n) is 16.8. The summed E-state index contributed by atoms with van der Waals surface area (Å²) in [5, 5.41) is 13.3. The Balaban J connectivity index is 0.000000253. The van der Waals surface area contributed by atoms with E-state index in [1.54, 1.807) is 42.0 Å². The number of benzene rings is 2. The van der Waals surface area contributed by atoms with Crippen molar-refractivity contribution in [2.24, 2.45) is 5.14 Å². The quantitative estimate of drug-likeness (QED) is 0.193. The molecular formula is C34H48N8O6S2. The molecule has 0 saturated carbocycles. The van der Waals surface area contributed by atoms with Crippen LogP contribution in [0.25, 0.3) is 0 Å². The van der Waals surface area contributed by atoms with Gasteiger partial charge in [0.15, 0.2) is 10.1 Å². The van der Waals surface area contributed by atoms with Crippen molar-refractivity contribution in [2.75, 3.05) is 53.5 Å². The van der Waals surface area contributed by atoms with Crippen molar-refractivity contribution < 1.29 is 26.3 Å². The summed E-state index contributed by atoms with van der Waals surface area (Å²) in [7, 11) is -4.27. The molecule has 0 atom stereocenters. The molecule has 0 amide bonds. The molecule has 14 nitrogen and oxygen atoms in total. The third-order valence-corrected chi connectivity index (χ3v) is 11.3. The van der Waals surface area contributed by atoms with E-state index < -0.39 is 20.0 Å². The van der Waals surface area contributed by atoms with E-state index >= 15 is 0 Å². The Morgan fingerprint density at radius 1 is 0.620 bits per heavy atom. The van der Waals surface area contributed by atoms with Crippen molar-refractivity contribution in [1.29, 1.82) is 0 Å². The lowest BCUT2D eigenvalue weighted by atomic mass is 10.2. The first kappa shape index (κ1) is 37.5. The molecule has 0 unspecified atom stereocenters. The highest BCUT2D eigenvalue weighted by Gasteiger charge is 2.28. The number of hydrogen-bond donors (Lipinski definition) is 1. The van der Waals surface area contributed by atoms with Crippen molar-refractivity contribution >= 4 is 20.0 Å². The van der Waals surface area contributed by atoms with Crippen molar-refractivity contribution in [3.8, 4) is 11.5 Å². The van der Waals surface area contributed by atoms with E-state index in [-0.39, 0.29) is 23.1 Å². The van der Waals surface area contributed by atoms with E-state index in [0.717, 1.165) is 61.9 Å². The number of primary sulfonamides is 1. The normalized spacial score (nSPS) is 15.7. The number of hydrogen-bond acceptors (Lipinski definition) is 10. The largest absolute Gasteiger partial charge is 0.497 e. The maximum absolute atomic E-state index is 13.7. The van der Waals surface area contributed by atoms with Crippen LogP contribution in [0.3, 0.4) is 0 Å². The molecule has 2 aromatic heterocycles. The summed E-state index contributed by atoms with van der Waals surface area (Å²) in [6.45, 7) is 8.06. The first-order chi connectivity index (χ1) is 24.0. The lowest BCUT2D eigenvalue weighted by molar-refractivity contribution is 0.314. The van der Waals surface area contributed by atoms with Crippen LogP contribution in [0.2, 0.25) is 0 Å². The van der Waals surface area contributed by atoms with Crippen molar-refractivity contribution in [3.63, 3.8) is 0 Å². The maximum atomic E-state index is 13.7. The first-order valence-corrected chi connectivity index (χ1v) is 19.8. The minimum absolute atomic E-state index is 0.0612. The number of ether oxygens (including phenoxy) is 2. The van der Waals surface area contributed by atoms with Crippen molar-refractivity contribution in [3.05, 3.63) is 84.2 Å². The number of sulfonamides is 2. The fraction of sp³-hybridized carbons (Fsp3) is 0.471. The summed E-state index contributed by atoms with van der Waals surface area (Å²) in [6, 6.07) is 17.9. The van der Waals surface area contributed by atoms with Gasteiger partial charge in [0.2, 0.25) is 0 Å². The summed E-state index contributed by atoms with van der Waals surface area (Å²) in [5.74, 6) is 1.45. The highest BCUT2D eigenvalue weighted by atomic mass is 32.2. The summed E-state index contributed by atoms with van der Waals surface area (Å²) >= 11 is 0. The molecule has 6 rings (SSSR count). The second kappa shape index (κ2) is 17.4. The second-order valence-electron chi connectivity index (χ2n) is 12.4. The van der Waals surface area contributed by atoms with E-state index in [1.807, 2.05) is 48.5 Å². The zero-order valence-electron chi connectivity index (χ0n) is 28.8. The molecule has 272 valence electrons. The number of nitrogens with zero attached hydrogens (tertiary/aromatic N) is 7. The van der Waals surface area contributed by atoms with E-state index in [9.17, 15) is 16.8 Å². The predicted octanol–water partition coefficient (Wildman–Crippen LogP) is 3.01. The molecule has 2 aliphatic heterocycles. The van der Waals surface area contributed by atoms with Crippen LogP contribution in [0, 0.1) is 0 Å². The highest BCUT2D eigenvalue weighted by molar-refractivity contribution is 7.89. The van der Waals surface area contributed by atoms with Crippen LogP contribution in [0.1, 0.15) is 36.8 Å². The monoisotopic (exact) mass is 728 g/mol. The second-order valence-corrected chi connectivity index (χ2v) is 15.8. The summed E-state index contributed by atoms with van der Waals surface area (Å²) in [5.41, 5.74) is 1.73. The van der Waals surface area contributed by atoms with Gasteiger partial charge >= 0.3 is 0 Å². The molecule has 4 heterocycles. The summed E-state index contributed by atoms with van der Waals surface area (Å²) in [6.07, 6.45) is 8.36. The van der Waals surface area contributed by atoms with Gasteiger partial charge in [-0.25, -0.2) is 22.0 Å². The highest BCUT2D eigenvalue weighted by Crippen LogP contribution is 2.23. The van der Waals surface area contributed by atoms with Crippen LogP contribution in [0.4, 0.5) is 0 Å². The maximum Gasteiger partial charge on any atom is 0.262 e. The fourth-order valence-electron chi connectivity index (χ4n) is 5.95. The Hall–Kier alpha value is -3.80. The van der Waals surface area contributed by atoms with E-state index in [2.05, 4.69) is 20.0 Å². The molecule has 16 heteroatoms. The third-order valence-electron chi connectivity index (χ3n) is 8.85. The molecule has 2 saturated heterocycles. The Bertz CT molecular complexity index is 1800. The van der Waals surface area contributed by atoms with Crippen LogP contribution in [-0.2, 0) is 46.2 Å². The SMILES string of the molecule is COc1ccc(CN(Cc2ccc(OC)cc2)S(=O)(=O)c2ccn(CCN3CCCC3)n2)cc1.NS(=O)(=O)c1ccn(CCN2CCCC2)n1. The van der Waals surface area contributed by atoms with Crippen molar-refractivity contribution in [1.82, 2.24) is 33.7 Å². The molecule has 4 aromatic rings. The predicted molar refractivity (Wildman–Crippen MR) is 190 cm³/mol. The van der Waals surface area contributed by atoms with Gasteiger partial charge in [0, 0.05) is 38.6 Å². The number of nitrogens with two attached hydrogens (primary N) is 1. The average molecular weight is 729 g/mol. The molecule has 0 radical (unpaired) electrons. The molecule has 2 fully saturated rings. The van der Waals surface area contributed by atoms with Crippen molar-refractivity contribution in [2.45, 2.75) is 61.9 Å². The molecule has 0 bridgehead atoms. The number of likely N-dealkylation sites (tertiary alicyclic amines) is 2. The van der Waals surface area contributed by atoms with Gasteiger partial charge in [-0.2, -0.15) is 14.5 Å². The minimum atomic E-state index is -3.82. The lowest BCUT2D eigenvalue weighted by Gasteiger charge is -2.22. The third kappa shape index (κ3) is 10.6. The standard InChI is InChI=1S/C25H32N4O4S.C9H16N4O2S/c1-32-23-9-5-21(6-10-23)19-29(20-22-7-11-24(33-2)12-8-22)34(30,31)25-13-16-28(26-25)18-17-27-14-3-4-15-27;10-16(14,15)9-3-6-13(11-9)8-7-12-4-1-2-5-12/h5-13,16H,3-4,14-15,17-20H2,1-2H3;3,6H,1-2,4-5,7-8H2,(H2,10,14,15). The van der Waals surface area contributed by atoms with Gasteiger partial charge in [-0.15, -0.1) is 0 Å². The Morgan fingerprint density at radius 2 is 1.02 bits per heavy atom. The zero-order valence-corrected chi connectivity index (χ0v) is 30.4. The lowest BCUT2D eigenvalue weighted by Crippen LogP contribution is -2.31. The number of aromatic nitrogens is 4. The Kier molecular flexibility index (Phi) is 13.0. The van der Waals surface area contributed by atoms with Gasteiger partial charge in [0.25, 0.3) is 20.0 Å². The molecule has 0 aliphatic carbocycles. The van der Waals surface area contributed by atoms with Gasteiger partial charge in [-0.1, -0.05) is 24.3 Å². The van der Waals surface area contributed by atoms with Gasteiger partial charge < -0.3 is 19.3 Å². The molecule has 2 aromatic carbocycles. The number of rotatable bonds is 15. The van der Waals surface area contributed by atoms with Gasteiger partial charge in [-0.05, 0) is 99.4 Å². The van der Waals surface area contributed by atoms with Crippen LogP contribution in [0.15, 0.2) is 83.1 Å². The molecule has 50 heavy (non-hydrogen) atoms. The van der Waals surface area contributed by atoms with E-state index in [4.69, 9.17) is 14.6 Å². The van der Waals surface area contributed by atoms with Crippen LogP contribution in [0.5, 0.6) is 11.5 Å².